The number of carbonyl (C=O) groups excluding carboxylic acids is 3. The van der Waals surface area contributed by atoms with Crippen LogP contribution >= 0.6 is 0 Å². The number of aromatic nitrogens is 4. The van der Waals surface area contributed by atoms with Gasteiger partial charge < -0.3 is 20.9 Å². The number of rotatable bonds is 10. The second-order valence-electron chi connectivity index (χ2n) is 12.2. The Labute approximate surface area is 262 Å². The van der Waals surface area contributed by atoms with Gasteiger partial charge in [-0.15, -0.1) is 5.10 Å². The van der Waals surface area contributed by atoms with E-state index >= 15 is 0 Å². The Morgan fingerprint density at radius 3 is 2.60 bits per heavy atom. The van der Waals surface area contributed by atoms with Crippen molar-refractivity contribution in [3.63, 3.8) is 0 Å². The molecule has 2 saturated heterocycles. The van der Waals surface area contributed by atoms with Crippen molar-refractivity contribution >= 4 is 28.8 Å². The molecular formula is C34H40N8O3. The van der Waals surface area contributed by atoms with Gasteiger partial charge in [0.25, 0.3) is 0 Å². The van der Waals surface area contributed by atoms with Crippen molar-refractivity contribution in [2.45, 2.75) is 57.2 Å². The van der Waals surface area contributed by atoms with E-state index in [1.807, 2.05) is 48.3 Å². The summed E-state index contributed by atoms with van der Waals surface area (Å²) in [5.74, 6) is -0.375. The minimum atomic E-state index is -0.848. The predicted octanol–water partition coefficient (Wildman–Crippen LogP) is 2.84. The van der Waals surface area contributed by atoms with Gasteiger partial charge >= 0.3 is 0 Å². The lowest BCUT2D eigenvalue weighted by Gasteiger charge is -2.27. The van der Waals surface area contributed by atoms with Crippen molar-refractivity contribution < 1.29 is 14.4 Å². The summed E-state index contributed by atoms with van der Waals surface area (Å²) >= 11 is 0. The number of hydrogen-bond acceptors (Lipinski definition) is 7. The third-order valence-corrected chi connectivity index (χ3v) is 9.03. The zero-order valence-corrected chi connectivity index (χ0v) is 25.6. The van der Waals surface area contributed by atoms with E-state index in [9.17, 15) is 14.4 Å². The molecule has 2 aromatic heterocycles. The van der Waals surface area contributed by atoms with Crippen LogP contribution < -0.4 is 11.1 Å². The molecule has 0 bridgehead atoms. The highest BCUT2D eigenvalue weighted by molar-refractivity contribution is 5.91. The zero-order chi connectivity index (χ0) is 31.3. The van der Waals surface area contributed by atoms with Crippen LogP contribution in [0.4, 0.5) is 0 Å². The fourth-order valence-electron chi connectivity index (χ4n) is 6.56. The molecule has 4 aromatic rings. The largest absolute Gasteiger partial charge is 0.350 e. The predicted molar refractivity (Wildman–Crippen MR) is 170 cm³/mol. The van der Waals surface area contributed by atoms with Crippen LogP contribution in [0, 0.1) is 5.92 Å². The highest BCUT2D eigenvalue weighted by Gasteiger charge is 2.41. The molecule has 0 unspecified atom stereocenters. The summed E-state index contributed by atoms with van der Waals surface area (Å²) < 4.78 is 1.70. The molecule has 3 atom stereocenters. The second-order valence-corrected chi connectivity index (χ2v) is 12.2. The van der Waals surface area contributed by atoms with Crippen LogP contribution in [0.1, 0.15) is 43.2 Å². The quantitative estimate of drug-likeness (QED) is 0.282. The Hall–Kier alpha value is -4.64. The van der Waals surface area contributed by atoms with Crippen LogP contribution in [0.3, 0.4) is 0 Å². The molecule has 4 heterocycles. The number of pyridine rings is 1. The van der Waals surface area contributed by atoms with Gasteiger partial charge in [-0.1, -0.05) is 35.5 Å². The van der Waals surface area contributed by atoms with Crippen LogP contribution in [0.2, 0.25) is 0 Å². The fraction of sp³-hybridized carbons (Fsp3) is 0.412. The molecule has 0 spiro atoms. The number of carbonyl (C=O) groups is 3. The molecule has 6 rings (SSSR count). The van der Waals surface area contributed by atoms with E-state index in [-0.39, 0.29) is 36.5 Å². The number of benzene rings is 2. The second kappa shape index (κ2) is 13.6. The SMILES string of the molecule is Cn1nnc2cc(CNC(=O)[C@@H]3C[C@@H](Cc4cccc(-c5ccncc5)c4)CN3C(=O)[C@H](N)CCC(=O)N3CCCC3)ccc21. The van der Waals surface area contributed by atoms with Crippen molar-refractivity contribution in [2.75, 3.05) is 19.6 Å². The first-order valence-electron chi connectivity index (χ1n) is 15.7. The number of hydrogen-bond donors (Lipinski definition) is 2. The highest BCUT2D eigenvalue weighted by Crippen LogP contribution is 2.29. The van der Waals surface area contributed by atoms with Crippen LogP contribution in [0.15, 0.2) is 67.0 Å². The van der Waals surface area contributed by atoms with Crippen LogP contribution in [-0.4, -0.2) is 79.2 Å². The number of likely N-dealkylation sites (tertiary alicyclic amines) is 2. The summed E-state index contributed by atoms with van der Waals surface area (Å²) in [7, 11) is 1.83. The van der Waals surface area contributed by atoms with Gasteiger partial charge in [-0.2, -0.15) is 0 Å². The fourth-order valence-corrected chi connectivity index (χ4v) is 6.56. The molecule has 2 aromatic carbocycles. The summed E-state index contributed by atoms with van der Waals surface area (Å²) in [5, 5.41) is 11.3. The molecule has 3 amide bonds. The number of amides is 3. The first-order chi connectivity index (χ1) is 21.9. The molecule has 0 aliphatic carbocycles. The van der Waals surface area contributed by atoms with Crippen molar-refractivity contribution in [1.29, 1.82) is 0 Å². The Morgan fingerprint density at radius 2 is 1.80 bits per heavy atom. The molecule has 2 aliphatic heterocycles. The Morgan fingerprint density at radius 1 is 1.00 bits per heavy atom. The van der Waals surface area contributed by atoms with Gasteiger partial charge in [0.05, 0.1) is 11.6 Å². The number of nitrogens with one attached hydrogen (secondary N) is 1. The zero-order valence-electron chi connectivity index (χ0n) is 25.6. The normalized spacial score (nSPS) is 18.8. The first kappa shape index (κ1) is 30.4. The maximum absolute atomic E-state index is 13.7. The number of fused-ring (bicyclic) bond motifs is 1. The van der Waals surface area contributed by atoms with Gasteiger partial charge in [0, 0.05) is 52.0 Å². The van der Waals surface area contributed by atoms with E-state index < -0.39 is 12.1 Å². The monoisotopic (exact) mass is 608 g/mol. The van der Waals surface area contributed by atoms with Gasteiger partial charge in [-0.05, 0) is 84.5 Å². The van der Waals surface area contributed by atoms with E-state index in [1.165, 1.54) is 0 Å². The average Bonchev–Trinajstić information content (AvgIpc) is 3.83. The Kier molecular flexibility index (Phi) is 9.16. The summed E-state index contributed by atoms with van der Waals surface area (Å²) in [6, 6.07) is 16.6. The number of nitrogens with zero attached hydrogens (tertiary/aromatic N) is 6. The molecule has 11 heteroatoms. The minimum Gasteiger partial charge on any atom is -0.350 e. The third kappa shape index (κ3) is 7.04. The van der Waals surface area contributed by atoms with E-state index in [4.69, 9.17) is 5.73 Å². The Balaban J connectivity index is 1.15. The summed E-state index contributed by atoms with van der Waals surface area (Å²) in [6.07, 6.45) is 7.32. The number of aryl methyl sites for hydroxylation is 1. The molecular weight excluding hydrogens is 568 g/mol. The van der Waals surface area contributed by atoms with Crippen molar-refractivity contribution in [2.24, 2.45) is 18.7 Å². The molecule has 45 heavy (non-hydrogen) atoms. The van der Waals surface area contributed by atoms with E-state index in [2.05, 4.69) is 38.8 Å². The van der Waals surface area contributed by atoms with Gasteiger partial charge in [0.2, 0.25) is 17.7 Å². The minimum absolute atomic E-state index is 0.0403. The van der Waals surface area contributed by atoms with Crippen LogP contribution in [0.5, 0.6) is 0 Å². The molecule has 234 valence electrons. The lowest BCUT2D eigenvalue weighted by molar-refractivity contribution is -0.140. The van der Waals surface area contributed by atoms with Crippen molar-refractivity contribution in [3.05, 3.63) is 78.1 Å². The van der Waals surface area contributed by atoms with Crippen molar-refractivity contribution in [1.82, 2.24) is 35.1 Å². The highest BCUT2D eigenvalue weighted by atomic mass is 16.2. The lowest BCUT2D eigenvalue weighted by atomic mass is 9.94. The standard InChI is InChI=1S/C34H40N8O3/c1-40-30-9-7-24(19-29(30)38-39-40)21-37-33(44)31-20-25(17-23-5-4-6-27(18-23)26-11-13-36-14-12-26)22-42(31)34(45)28(35)8-10-32(43)41-15-2-3-16-41/h4-7,9,11-14,18-19,25,28,31H,2-3,8,10,15-17,20-22,35H2,1H3,(H,37,44)/t25-,28-,31+/m1/s1. The van der Waals surface area contributed by atoms with Gasteiger partial charge in [-0.3, -0.25) is 19.4 Å². The third-order valence-electron chi connectivity index (χ3n) is 9.03. The average molecular weight is 609 g/mol. The molecule has 2 aliphatic rings. The van der Waals surface area contributed by atoms with Crippen LogP contribution in [-0.2, 0) is 34.4 Å². The topological polar surface area (TPSA) is 139 Å². The van der Waals surface area contributed by atoms with E-state index in [0.717, 1.165) is 65.6 Å². The smallest absolute Gasteiger partial charge is 0.243 e. The van der Waals surface area contributed by atoms with Gasteiger partial charge in [-0.25, -0.2) is 4.68 Å². The summed E-state index contributed by atoms with van der Waals surface area (Å²) in [5.41, 5.74) is 12.3. The van der Waals surface area contributed by atoms with Crippen molar-refractivity contribution in [3.8, 4) is 11.1 Å². The lowest BCUT2D eigenvalue weighted by Crippen LogP contribution is -2.51. The number of nitrogens with two attached hydrogens (primary N) is 1. The first-order valence-corrected chi connectivity index (χ1v) is 15.7. The molecule has 3 N–H and O–H groups in total. The van der Waals surface area contributed by atoms with E-state index in [0.29, 0.717) is 19.5 Å². The van der Waals surface area contributed by atoms with Crippen LogP contribution in [0.25, 0.3) is 22.2 Å². The maximum atomic E-state index is 13.7. The maximum Gasteiger partial charge on any atom is 0.243 e. The molecule has 2 fully saturated rings. The molecule has 0 radical (unpaired) electrons. The van der Waals surface area contributed by atoms with Gasteiger partial charge in [0.15, 0.2) is 0 Å². The molecule has 0 saturated carbocycles. The Bertz CT molecular complexity index is 1670. The summed E-state index contributed by atoms with van der Waals surface area (Å²) in [4.78, 5) is 47.6. The molecule has 11 nitrogen and oxygen atoms in total. The summed E-state index contributed by atoms with van der Waals surface area (Å²) in [6.45, 7) is 2.27. The van der Waals surface area contributed by atoms with Gasteiger partial charge in [0.1, 0.15) is 11.6 Å². The van der Waals surface area contributed by atoms with E-state index in [1.54, 1.807) is 22.0 Å².